The molecular weight excluding hydrogens is 316 g/mol. The van der Waals surface area contributed by atoms with E-state index in [0.29, 0.717) is 13.1 Å². The van der Waals surface area contributed by atoms with Gasteiger partial charge in [-0.25, -0.2) is 0 Å². The second-order valence-corrected chi connectivity index (χ2v) is 5.73. The molecule has 2 aromatic carbocycles. The van der Waals surface area contributed by atoms with Crippen LogP contribution in [0.25, 0.3) is 0 Å². The Balaban J connectivity index is 1.60. The second kappa shape index (κ2) is 10.1. The summed E-state index contributed by atoms with van der Waals surface area (Å²) in [4.78, 5) is 23.5. The maximum Gasteiger partial charge on any atom is 0.309 e. The highest BCUT2D eigenvalue weighted by Crippen LogP contribution is 2.10. The third-order valence-corrected chi connectivity index (χ3v) is 3.84. The molecule has 0 aromatic heterocycles. The molecule has 5 nitrogen and oxygen atoms in total. The van der Waals surface area contributed by atoms with Crippen molar-refractivity contribution in [2.75, 3.05) is 13.7 Å². The summed E-state index contributed by atoms with van der Waals surface area (Å²) in [7, 11) is 1.60. The number of methoxy groups -OCH3 is 1. The quantitative estimate of drug-likeness (QED) is 0.573. The first-order valence-electron chi connectivity index (χ1n) is 8.42. The molecule has 2 amide bonds. The van der Waals surface area contributed by atoms with Crippen LogP contribution in [0, 0.1) is 0 Å². The van der Waals surface area contributed by atoms with E-state index in [0.717, 1.165) is 30.6 Å². The number of unbranched alkanes of at least 4 members (excludes halogenated alkanes) is 1. The first-order valence-corrected chi connectivity index (χ1v) is 8.42. The van der Waals surface area contributed by atoms with Gasteiger partial charge in [-0.15, -0.1) is 0 Å². The zero-order chi connectivity index (χ0) is 17.9. The van der Waals surface area contributed by atoms with E-state index in [1.165, 1.54) is 5.56 Å². The molecule has 132 valence electrons. The highest BCUT2D eigenvalue weighted by molar-refractivity contribution is 6.35. The van der Waals surface area contributed by atoms with Crippen molar-refractivity contribution in [1.29, 1.82) is 0 Å². The lowest BCUT2D eigenvalue weighted by atomic mass is 10.1. The van der Waals surface area contributed by atoms with Crippen LogP contribution in [-0.2, 0) is 22.6 Å². The number of carbonyl (C=O) groups is 2. The highest BCUT2D eigenvalue weighted by atomic mass is 16.5. The topological polar surface area (TPSA) is 67.4 Å². The summed E-state index contributed by atoms with van der Waals surface area (Å²) in [6.07, 6.45) is 2.78. The number of ether oxygens (including phenoxy) is 1. The average molecular weight is 340 g/mol. The van der Waals surface area contributed by atoms with Crippen LogP contribution >= 0.6 is 0 Å². The van der Waals surface area contributed by atoms with Crippen molar-refractivity contribution >= 4 is 11.8 Å². The van der Waals surface area contributed by atoms with E-state index in [1.807, 2.05) is 42.5 Å². The Morgan fingerprint density at radius 2 is 1.52 bits per heavy atom. The van der Waals surface area contributed by atoms with E-state index in [-0.39, 0.29) is 0 Å². The fraction of sp³-hybridized carbons (Fsp3) is 0.300. The van der Waals surface area contributed by atoms with Crippen LogP contribution in [-0.4, -0.2) is 25.5 Å². The molecule has 0 radical (unpaired) electrons. The molecule has 0 spiro atoms. The van der Waals surface area contributed by atoms with Crippen molar-refractivity contribution in [3.63, 3.8) is 0 Å². The summed E-state index contributed by atoms with van der Waals surface area (Å²) in [5, 5.41) is 5.26. The molecule has 0 fully saturated rings. The predicted molar refractivity (Wildman–Crippen MR) is 97.2 cm³/mol. The van der Waals surface area contributed by atoms with Gasteiger partial charge < -0.3 is 15.4 Å². The minimum Gasteiger partial charge on any atom is -0.497 e. The van der Waals surface area contributed by atoms with Crippen molar-refractivity contribution < 1.29 is 14.3 Å². The van der Waals surface area contributed by atoms with Crippen LogP contribution in [0.2, 0.25) is 0 Å². The summed E-state index contributed by atoms with van der Waals surface area (Å²) >= 11 is 0. The molecular formula is C20H24N2O3. The lowest BCUT2D eigenvalue weighted by molar-refractivity contribution is -0.139. The molecule has 25 heavy (non-hydrogen) atoms. The van der Waals surface area contributed by atoms with E-state index in [2.05, 4.69) is 22.8 Å². The van der Waals surface area contributed by atoms with Crippen LogP contribution in [0.3, 0.4) is 0 Å². The van der Waals surface area contributed by atoms with Gasteiger partial charge in [-0.1, -0.05) is 42.5 Å². The smallest absolute Gasteiger partial charge is 0.309 e. The molecule has 0 saturated carbocycles. The second-order valence-electron chi connectivity index (χ2n) is 5.73. The van der Waals surface area contributed by atoms with Crippen LogP contribution < -0.4 is 15.4 Å². The SMILES string of the molecule is COc1ccc(CNC(=O)C(=O)NCCCCc2ccccc2)cc1. The molecule has 0 unspecified atom stereocenters. The Labute approximate surface area is 148 Å². The minimum atomic E-state index is -0.612. The summed E-state index contributed by atoms with van der Waals surface area (Å²) in [6.45, 7) is 0.811. The minimum absolute atomic E-state index is 0.310. The van der Waals surface area contributed by atoms with Crippen LogP contribution in [0.15, 0.2) is 54.6 Å². The summed E-state index contributed by atoms with van der Waals surface area (Å²) in [6, 6.07) is 17.5. The Kier molecular flexibility index (Phi) is 7.50. The van der Waals surface area contributed by atoms with Crippen molar-refractivity contribution in [3.05, 3.63) is 65.7 Å². The fourth-order valence-electron chi connectivity index (χ4n) is 2.39. The van der Waals surface area contributed by atoms with Crippen molar-refractivity contribution in [1.82, 2.24) is 10.6 Å². The maximum absolute atomic E-state index is 11.8. The lowest BCUT2D eigenvalue weighted by Crippen LogP contribution is -2.39. The average Bonchev–Trinajstić information content (AvgIpc) is 2.66. The van der Waals surface area contributed by atoms with Gasteiger partial charge in [-0.3, -0.25) is 9.59 Å². The monoisotopic (exact) mass is 340 g/mol. The third kappa shape index (κ3) is 6.67. The molecule has 0 aliphatic heterocycles. The maximum atomic E-state index is 11.8. The molecule has 0 aliphatic carbocycles. The van der Waals surface area contributed by atoms with E-state index in [1.54, 1.807) is 7.11 Å². The number of carbonyl (C=O) groups excluding carboxylic acids is 2. The molecule has 0 heterocycles. The van der Waals surface area contributed by atoms with Crippen molar-refractivity contribution in [2.45, 2.75) is 25.8 Å². The Morgan fingerprint density at radius 1 is 0.840 bits per heavy atom. The Bertz CT molecular complexity index is 669. The molecule has 2 N–H and O–H groups in total. The standard InChI is InChI=1S/C20H24N2O3/c1-25-18-12-10-17(11-13-18)15-22-20(24)19(23)21-14-6-5-9-16-7-3-2-4-8-16/h2-4,7-8,10-13H,5-6,9,14-15H2,1H3,(H,21,23)(H,22,24). The Morgan fingerprint density at radius 3 is 2.20 bits per heavy atom. The first-order chi connectivity index (χ1) is 12.2. The number of nitrogens with one attached hydrogen (secondary N) is 2. The molecule has 2 rings (SSSR count). The van der Waals surface area contributed by atoms with Crippen LogP contribution in [0.4, 0.5) is 0 Å². The van der Waals surface area contributed by atoms with Gasteiger partial charge >= 0.3 is 11.8 Å². The summed E-state index contributed by atoms with van der Waals surface area (Å²) in [5.74, 6) is -0.449. The predicted octanol–water partition coefficient (Wildman–Crippen LogP) is 2.45. The van der Waals surface area contributed by atoms with Crippen LogP contribution in [0.1, 0.15) is 24.0 Å². The number of hydrogen-bond donors (Lipinski definition) is 2. The van der Waals surface area contributed by atoms with Gasteiger partial charge in [-0.05, 0) is 42.5 Å². The molecule has 0 saturated heterocycles. The van der Waals surface area contributed by atoms with E-state index in [4.69, 9.17) is 4.74 Å². The molecule has 2 aromatic rings. The van der Waals surface area contributed by atoms with Gasteiger partial charge in [0.05, 0.1) is 7.11 Å². The van der Waals surface area contributed by atoms with Gasteiger partial charge in [0.25, 0.3) is 0 Å². The number of hydrogen-bond acceptors (Lipinski definition) is 3. The van der Waals surface area contributed by atoms with E-state index in [9.17, 15) is 9.59 Å². The number of amides is 2. The Hall–Kier alpha value is -2.82. The van der Waals surface area contributed by atoms with Gasteiger partial charge in [0.1, 0.15) is 5.75 Å². The molecule has 0 bridgehead atoms. The van der Waals surface area contributed by atoms with Gasteiger partial charge in [0, 0.05) is 13.1 Å². The third-order valence-electron chi connectivity index (χ3n) is 3.84. The van der Waals surface area contributed by atoms with Crippen molar-refractivity contribution in [2.24, 2.45) is 0 Å². The zero-order valence-electron chi connectivity index (χ0n) is 14.5. The number of rotatable bonds is 8. The lowest BCUT2D eigenvalue weighted by Gasteiger charge is -2.07. The van der Waals surface area contributed by atoms with E-state index >= 15 is 0 Å². The van der Waals surface area contributed by atoms with E-state index < -0.39 is 11.8 Å². The van der Waals surface area contributed by atoms with Gasteiger partial charge in [0.15, 0.2) is 0 Å². The van der Waals surface area contributed by atoms with Crippen molar-refractivity contribution in [3.8, 4) is 5.75 Å². The zero-order valence-corrected chi connectivity index (χ0v) is 14.5. The number of aryl methyl sites for hydroxylation is 1. The normalized spacial score (nSPS) is 10.1. The number of benzene rings is 2. The fourth-order valence-corrected chi connectivity index (χ4v) is 2.39. The summed E-state index contributed by atoms with van der Waals surface area (Å²) in [5.41, 5.74) is 2.19. The van der Waals surface area contributed by atoms with Gasteiger partial charge in [0.2, 0.25) is 0 Å². The molecule has 0 aliphatic rings. The first kappa shape index (κ1) is 18.5. The summed E-state index contributed by atoms with van der Waals surface area (Å²) < 4.78 is 5.07. The van der Waals surface area contributed by atoms with Gasteiger partial charge in [-0.2, -0.15) is 0 Å². The van der Waals surface area contributed by atoms with Crippen LogP contribution in [0.5, 0.6) is 5.75 Å². The molecule has 5 heteroatoms. The highest BCUT2D eigenvalue weighted by Gasteiger charge is 2.12. The molecule has 0 atom stereocenters. The largest absolute Gasteiger partial charge is 0.497 e.